The number of rotatable bonds is 26. The number of phosphoric acid groups is 3. The molecule has 1 fully saturated rings. The number of aromatic nitrogens is 4. The van der Waals surface area contributed by atoms with Gasteiger partial charge in [0.1, 0.15) is 42.0 Å². The van der Waals surface area contributed by atoms with Crippen molar-refractivity contribution in [3.63, 3.8) is 0 Å². The number of aliphatic hydroxyl groups excluding tert-OH is 2. The molecule has 7 atom stereocenters. The van der Waals surface area contributed by atoms with Gasteiger partial charge in [-0.25, -0.2) is 19.3 Å². The molecule has 0 aliphatic carbocycles. The van der Waals surface area contributed by atoms with Crippen molar-refractivity contribution in [3.8, 4) is 0 Å². The Hall–Kier alpha value is -3.30. The number of hydrogen-bond acceptors (Lipinski definition) is 25. The predicted molar refractivity (Wildman–Crippen MR) is 191 cm³/mol. The summed E-state index contributed by atoms with van der Waals surface area (Å²) in [6.07, 6.45) is -7.77. The van der Waals surface area contributed by atoms with Crippen molar-refractivity contribution in [1.82, 2.24) is 30.2 Å². The molecule has 3 heterocycles. The molecule has 338 valence electrons. The molecule has 0 saturated carbocycles. The van der Waals surface area contributed by atoms with E-state index in [2.05, 4.69) is 43.5 Å². The van der Waals surface area contributed by atoms with Gasteiger partial charge in [0.15, 0.2) is 22.8 Å². The first-order valence-electron chi connectivity index (χ1n) is 17.5. The lowest BCUT2D eigenvalue weighted by Crippen LogP contribution is -2.46. The highest BCUT2D eigenvalue weighted by Gasteiger charge is 2.47. The molecule has 1 aliphatic heterocycles. The summed E-state index contributed by atoms with van der Waals surface area (Å²) in [6.45, 7) is -0.273. The molecule has 2 aromatic heterocycles. The Morgan fingerprint density at radius 3 is 2.33 bits per heavy atom. The summed E-state index contributed by atoms with van der Waals surface area (Å²) in [5.74, 6) is -3.17. The van der Waals surface area contributed by atoms with Gasteiger partial charge >= 0.3 is 0 Å². The standard InChI is InChI=1S/C29H46N7O20P3S/c1-29(2,24(43)27(44)32-8-7-18(38)31-9-10-60-20(41)11-16(37)5-3-4-6-19(39)40)13-53-59(50,51)56-58(48,49)52-12-17-23(55-57(45,46)47)22(42)28(54-17)36-15-35-21-25(30)33-14-34-26(21)36/h14-15,17,22-24,28,42-43H,3-13H2,1-2H3,(H,31,38)(H,32,44)(H,39,40)(H,48,49)(H,50,51)(H2,30,33,34)(H2,45,46,47)/p-5/t17-,22-,23-,24+,28-/m1/s1. The van der Waals surface area contributed by atoms with Gasteiger partial charge in [-0.05, 0) is 19.3 Å². The van der Waals surface area contributed by atoms with Crippen LogP contribution in [-0.2, 0) is 60.3 Å². The van der Waals surface area contributed by atoms with Gasteiger partial charge in [0.25, 0.3) is 15.6 Å². The fraction of sp³-hybridized carbons (Fsp3) is 0.655. The number of unbranched alkanes of at least 4 members (excludes halogenated alkanes) is 1. The van der Waals surface area contributed by atoms with Crippen LogP contribution in [-0.4, -0.2) is 115 Å². The molecular formula is C29H41N7O20P3S-5. The van der Waals surface area contributed by atoms with Gasteiger partial charge in [-0.1, -0.05) is 25.6 Å². The average molecular weight is 933 g/mol. The molecule has 31 heteroatoms. The van der Waals surface area contributed by atoms with E-state index < -0.39 is 95.6 Å². The number of carbonyl (C=O) groups excluding carboxylic acids is 5. The monoisotopic (exact) mass is 932 g/mol. The number of ether oxygens (including phenoxy) is 1. The maximum Gasteiger partial charge on any atom is 0.274 e. The summed E-state index contributed by atoms with van der Waals surface area (Å²) in [6, 6.07) is 0. The zero-order valence-corrected chi connectivity index (χ0v) is 35.2. The number of carboxylic acid groups (broad SMARTS) is 1. The summed E-state index contributed by atoms with van der Waals surface area (Å²) in [7, 11) is -17.7. The zero-order valence-electron chi connectivity index (χ0n) is 31.7. The number of nitrogens with two attached hydrogens (primary N) is 1. The largest absolute Gasteiger partial charge is 0.790 e. The Morgan fingerprint density at radius 1 is 1.00 bits per heavy atom. The number of carboxylic acids is 1. The third kappa shape index (κ3) is 16.5. The Labute approximate surface area is 344 Å². The van der Waals surface area contributed by atoms with Gasteiger partial charge in [-0.2, -0.15) is 0 Å². The number of nitrogens with zero attached hydrogens (tertiary/aromatic N) is 4. The van der Waals surface area contributed by atoms with Gasteiger partial charge in [0.05, 0.1) is 33.8 Å². The van der Waals surface area contributed by atoms with E-state index in [0.29, 0.717) is 6.42 Å². The second-order valence-corrected chi connectivity index (χ2v) is 18.7. The highest BCUT2D eigenvalue weighted by atomic mass is 32.2. The van der Waals surface area contributed by atoms with E-state index in [1.54, 1.807) is 0 Å². The van der Waals surface area contributed by atoms with Crippen LogP contribution in [0.25, 0.3) is 11.2 Å². The highest BCUT2D eigenvalue weighted by molar-refractivity contribution is 8.13. The van der Waals surface area contributed by atoms with Gasteiger partial charge in [0.2, 0.25) is 11.8 Å². The van der Waals surface area contributed by atoms with Crippen LogP contribution in [0.15, 0.2) is 12.7 Å². The van der Waals surface area contributed by atoms with Crippen LogP contribution in [0, 0.1) is 5.41 Å². The van der Waals surface area contributed by atoms with Crippen molar-refractivity contribution in [3.05, 3.63) is 12.7 Å². The molecule has 0 aromatic carbocycles. The smallest absolute Gasteiger partial charge is 0.274 e. The molecule has 2 aromatic rings. The van der Waals surface area contributed by atoms with Crippen LogP contribution in [0.4, 0.5) is 5.82 Å². The van der Waals surface area contributed by atoms with Crippen LogP contribution in [0.1, 0.15) is 58.6 Å². The third-order valence-electron chi connectivity index (χ3n) is 8.17. The molecule has 60 heavy (non-hydrogen) atoms. The number of thioether (sulfide) groups is 1. The Morgan fingerprint density at radius 2 is 1.67 bits per heavy atom. The average Bonchev–Trinajstić information content (AvgIpc) is 3.69. The molecule has 2 unspecified atom stereocenters. The van der Waals surface area contributed by atoms with Crippen LogP contribution < -0.4 is 41.0 Å². The Balaban J connectivity index is 1.43. The molecule has 3 rings (SSSR count). The minimum Gasteiger partial charge on any atom is -0.790 e. The van der Waals surface area contributed by atoms with E-state index in [1.807, 2.05) is 0 Å². The molecular weight excluding hydrogens is 891 g/mol. The number of hydrogen-bond donors (Lipinski definition) is 5. The summed E-state index contributed by atoms with van der Waals surface area (Å²) in [5.41, 5.74) is 3.98. The number of aliphatic carboxylic acids is 1. The first kappa shape index (κ1) is 51.1. The number of amides is 2. The van der Waals surface area contributed by atoms with Crippen molar-refractivity contribution in [2.75, 3.05) is 37.8 Å². The van der Waals surface area contributed by atoms with Crippen LogP contribution in [0.2, 0.25) is 0 Å². The number of phosphoric ester groups is 3. The quantitative estimate of drug-likeness (QED) is 0.0337. The molecule has 1 aliphatic rings. The van der Waals surface area contributed by atoms with Gasteiger partial charge < -0.3 is 78.9 Å². The minimum atomic E-state index is -5.94. The normalized spacial score (nSPS) is 20.9. The lowest BCUT2D eigenvalue weighted by molar-refractivity contribution is -0.347. The topological polar surface area (TPSA) is 432 Å². The molecule has 1 saturated heterocycles. The minimum absolute atomic E-state index is 0.0283. The highest BCUT2D eigenvalue weighted by Crippen LogP contribution is 2.56. The van der Waals surface area contributed by atoms with Crippen molar-refractivity contribution in [2.45, 2.75) is 83.0 Å². The van der Waals surface area contributed by atoms with E-state index in [4.69, 9.17) is 10.5 Å². The zero-order chi connectivity index (χ0) is 45.1. The maximum atomic E-state index is 12.5. The lowest BCUT2D eigenvalue weighted by Gasteiger charge is -2.36. The number of aliphatic hydroxyl groups is 2. The summed E-state index contributed by atoms with van der Waals surface area (Å²) < 4.78 is 60.4. The van der Waals surface area contributed by atoms with E-state index in [1.165, 1.54) is 0 Å². The lowest BCUT2D eigenvalue weighted by atomic mass is 9.87. The third-order valence-corrected chi connectivity index (χ3v) is 12.1. The Bertz CT molecular complexity index is 2000. The van der Waals surface area contributed by atoms with E-state index in [-0.39, 0.29) is 73.7 Å². The Kier molecular flexibility index (Phi) is 18.9. The van der Waals surface area contributed by atoms with E-state index >= 15 is 0 Å². The first-order valence-corrected chi connectivity index (χ1v) is 22.9. The van der Waals surface area contributed by atoms with Crippen molar-refractivity contribution < 1.29 is 95.2 Å². The second kappa shape index (κ2) is 22.2. The van der Waals surface area contributed by atoms with Crippen molar-refractivity contribution in [2.24, 2.45) is 5.41 Å². The van der Waals surface area contributed by atoms with Crippen molar-refractivity contribution in [1.29, 1.82) is 0 Å². The molecule has 0 spiro atoms. The number of fused-ring (bicyclic) bond motifs is 1. The molecule has 27 nitrogen and oxygen atoms in total. The van der Waals surface area contributed by atoms with Gasteiger partial charge in [0, 0.05) is 43.1 Å². The number of anilines is 1. The fourth-order valence-corrected chi connectivity index (χ4v) is 8.59. The summed E-state index contributed by atoms with van der Waals surface area (Å²) >= 11 is 0.806. The van der Waals surface area contributed by atoms with Crippen molar-refractivity contribution >= 4 is 80.9 Å². The predicted octanol–water partition coefficient (Wildman–Crippen LogP) is -4.59. The molecule has 6 N–H and O–H groups in total. The SMILES string of the molecule is CC(C)(COP(=O)([O-])OP(=O)([O-])OC[C@H]1O[C@@H](n2cnc3c(N)ncnc32)[C@H](O)[C@@H]1OP(=O)([O-])[O-])[C@@H](O)C(=O)NCCC(=O)NCCSC(=O)CC(=O)CCCCC(=O)[O-]. The molecule has 0 bridgehead atoms. The summed E-state index contributed by atoms with van der Waals surface area (Å²) in [4.78, 5) is 118. The maximum absolute atomic E-state index is 12.5. The van der Waals surface area contributed by atoms with E-state index in [9.17, 15) is 72.6 Å². The number of ketones is 1. The van der Waals surface area contributed by atoms with Crippen LogP contribution in [0.5, 0.6) is 0 Å². The number of imidazole rings is 1. The van der Waals surface area contributed by atoms with Crippen LogP contribution in [0.3, 0.4) is 0 Å². The number of carbonyl (C=O) groups is 5. The fourth-order valence-electron chi connectivity index (χ4n) is 5.16. The van der Waals surface area contributed by atoms with Crippen LogP contribution >= 0.6 is 35.2 Å². The first-order chi connectivity index (χ1) is 27.8. The molecule has 2 amide bonds. The summed E-state index contributed by atoms with van der Waals surface area (Å²) in [5, 5.41) is 36.0. The second-order valence-electron chi connectivity index (χ2n) is 13.5. The molecule has 0 radical (unpaired) electrons. The van der Waals surface area contributed by atoms with Gasteiger partial charge in [-0.3, -0.25) is 32.9 Å². The number of nitrogen functional groups attached to an aromatic ring is 1. The van der Waals surface area contributed by atoms with Gasteiger partial charge in [-0.15, -0.1) is 0 Å². The number of Topliss-reactive ketones (excluding diaryl/α,β-unsaturated/α-hetero) is 1. The number of nitrogens with one attached hydrogen (secondary N) is 2. The van der Waals surface area contributed by atoms with E-state index in [0.717, 1.165) is 42.8 Å².